The highest BCUT2D eigenvalue weighted by molar-refractivity contribution is 5.75. The average molecular weight is 196 g/mol. The molecule has 1 heterocycles. The van der Waals surface area contributed by atoms with Crippen LogP contribution in [-0.2, 0) is 11.8 Å². The first-order chi connectivity index (χ1) is 6.43. The summed E-state index contributed by atoms with van der Waals surface area (Å²) in [5, 5.41) is 13.2. The zero-order valence-corrected chi connectivity index (χ0v) is 8.98. The van der Waals surface area contributed by atoms with Crippen LogP contribution in [0.3, 0.4) is 0 Å². The van der Waals surface area contributed by atoms with E-state index in [9.17, 15) is 4.79 Å². The molecule has 0 radical (unpaired) electrons. The lowest BCUT2D eigenvalue weighted by Gasteiger charge is -2.08. The molecule has 0 bridgehead atoms. The smallest absolute Gasteiger partial charge is 0.310 e. The number of aliphatic carboxylic acids is 1. The number of carboxylic acids is 1. The van der Waals surface area contributed by atoms with Gasteiger partial charge in [-0.1, -0.05) is 13.8 Å². The summed E-state index contributed by atoms with van der Waals surface area (Å²) in [6.45, 7) is 5.71. The normalized spacial score (nSPS) is 13.2. The number of hydrogen-bond donors (Lipinski definition) is 1. The maximum Gasteiger partial charge on any atom is 0.310 e. The Morgan fingerprint density at radius 2 is 2.07 bits per heavy atom. The summed E-state index contributed by atoms with van der Waals surface area (Å²) in [5.41, 5.74) is 1.69. The van der Waals surface area contributed by atoms with Crippen LogP contribution < -0.4 is 0 Å². The lowest BCUT2D eigenvalue weighted by atomic mass is 9.97. The van der Waals surface area contributed by atoms with Crippen molar-refractivity contribution in [1.29, 1.82) is 0 Å². The van der Waals surface area contributed by atoms with E-state index < -0.39 is 11.9 Å². The molecule has 1 N–H and O–H groups in total. The summed E-state index contributed by atoms with van der Waals surface area (Å²) in [6.07, 6.45) is 1.79. The van der Waals surface area contributed by atoms with Crippen molar-refractivity contribution in [2.24, 2.45) is 7.05 Å². The van der Waals surface area contributed by atoms with Gasteiger partial charge >= 0.3 is 5.97 Å². The summed E-state index contributed by atoms with van der Waals surface area (Å²) in [6, 6.07) is 0. The Hall–Kier alpha value is -1.32. The maximum absolute atomic E-state index is 10.8. The highest BCUT2D eigenvalue weighted by atomic mass is 16.4. The third-order valence-corrected chi connectivity index (χ3v) is 2.27. The van der Waals surface area contributed by atoms with Gasteiger partial charge in [0.1, 0.15) is 0 Å². The quantitative estimate of drug-likeness (QED) is 0.801. The summed E-state index contributed by atoms with van der Waals surface area (Å²) in [4.78, 5) is 10.8. The van der Waals surface area contributed by atoms with E-state index in [1.165, 1.54) is 0 Å². The van der Waals surface area contributed by atoms with Crippen LogP contribution >= 0.6 is 0 Å². The molecule has 0 saturated carbocycles. The zero-order valence-electron chi connectivity index (χ0n) is 8.98. The molecule has 0 aliphatic carbocycles. The van der Waals surface area contributed by atoms with E-state index in [4.69, 9.17) is 5.11 Å². The first-order valence-electron chi connectivity index (χ1n) is 4.69. The van der Waals surface area contributed by atoms with Gasteiger partial charge in [-0.25, -0.2) is 0 Å². The molecule has 1 aromatic heterocycles. The topological polar surface area (TPSA) is 55.1 Å². The number of carboxylic acid groups (broad SMARTS) is 1. The molecular weight excluding hydrogens is 180 g/mol. The molecule has 1 unspecified atom stereocenters. The summed E-state index contributed by atoms with van der Waals surface area (Å²) in [7, 11) is 1.81. The second-order valence-electron chi connectivity index (χ2n) is 3.86. The third-order valence-electron chi connectivity index (χ3n) is 2.27. The van der Waals surface area contributed by atoms with Crippen molar-refractivity contribution in [1.82, 2.24) is 9.78 Å². The summed E-state index contributed by atoms with van der Waals surface area (Å²) in [5.74, 6) is -1.03. The largest absolute Gasteiger partial charge is 0.481 e. The standard InChI is InChI=1S/C10H16N2O2/c1-6(2)9-8(5-12(4)11-9)7(3)10(13)14/h5-7H,1-4H3,(H,13,14). The lowest BCUT2D eigenvalue weighted by Crippen LogP contribution is -2.09. The van der Waals surface area contributed by atoms with E-state index in [-0.39, 0.29) is 5.92 Å². The minimum absolute atomic E-state index is 0.257. The molecule has 0 aliphatic heterocycles. The molecule has 4 nitrogen and oxygen atoms in total. The number of carbonyl (C=O) groups is 1. The van der Waals surface area contributed by atoms with Crippen molar-refractivity contribution in [3.05, 3.63) is 17.5 Å². The Kier molecular flexibility index (Phi) is 2.93. The molecule has 0 spiro atoms. The van der Waals surface area contributed by atoms with Crippen molar-refractivity contribution in [2.45, 2.75) is 32.6 Å². The highest BCUT2D eigenvalue weighted by Crippen LogP contribution is 2.24. The van der Waals surface area contributed by atoms with Crippen molar-refractivity contribution >= 4 is 5.97 Å². The van der Waals surface area contributed by atoms with Gasteiger partial charge in [0.05, 0.1) is 11.6 Å². The van der Waals surface area contributed by atoms with E-state index >= 15 is 0 Å². The van der Waals surface area contributed by atoms with E-state index in [1.807, 2.05) is 20.9 Å². The Morgan fingerprint density at radius 3 is 2.50 bits per heavy atom. The molecule has 1 atom stereocenters. The zero-order chi connectivity index (χ0) is 10.9. The van der Waals surface area contributed by atoms with E-state index in [0.29, 0.717) is 0 Å². The fourth-order valence-corrected chi connectivity index (χ4v) is 1.44. The lowest BCUT2D eigenvalue weighted by molar-refractivity contribution is -0.138. The van der Waals surface area contributed by atoms with Gasteiger partial charge in [0, 0.05) is 18.8 Å². The first kappa shape index (κ1) is 10.8. The van der Waals surface area contributed by atoms with Gasteiger partial charge in [0.25, 0.3) is 0 Å². The Balaban J connectivity index is 3.12. The van der Waals surface area contributed by atoms with Crippen LogP contribution in [0.1, 0.15) is 43.9 Å². The van der Waals surface area contributed by atoms with Gasteiger partial charge in [-0.05, 0) is 12.8 Å². The SMILES string of the molecule is CC(C)c1nn(C)cc1C(C)C(=O)O. The highest BCUT2D eigenvalue weighted by Gasteiger charge is 2.21. The van der Waals surface area contributed by atoms with Crippen LogP contribution in [0.4, 0.5) is 0 Å². The monoisotopic (exact) mass is 196 g/mol. The third kappa shape index (κ3) is 1.95. The molecule has 14 heavy (non-hydrogen) atoms. The molecule has 0 aromatic carbocycles. The average Bonchev–Trinajstić information content (AvgIpc) is 2.45. The van der Waals surface area contributed by atoms with Gasteiger partial charge in [-0.2, -0.15) is 5.10 Å². The van der Waals surface area contributed by atoms with Gasteiger partial charge in [0.2, 0.25) is 0 Å². The molecule has 1 rings (SSSR count). The van der Waals surface area contributed by atoms with Gasteiger partial charge in [-0.3, -0.25) is 9.48 Å². The van der Waals surface area contributed by atoms with Gasteiger partial charge < -0.3 is 5.11 Å². The number of rotatable bonds is 3. The van der Waals surface area contributed by atoms with E-state index in [1.54, 1.807) is 17.8 Å². The van der Waals surface area contributed by atoms with E-state index in [2.05, 4.69) is 5.10 Å². The second-order valence-corrected chi connectivity index (χ2v) is 3.86. The fraction of sp³-hybridized carbons (Fsp3) is 0.600. The maximum atomic E-state index is 10.8. The Labute approximate surface area is 83.5 Å². The molecule has 0 aliphatic rings. The number of nitrogens with zero attached hydrogens (tertiary/aromatic N) is 2. The molecule has 4 heteroatoms. The summed E-state index contributed by atoms with van der Waals surface area (Å²) < 4.78 is 1.67. The summed E-state index contributed by atoms with van der Waals surface area (Å²) >= 11 is 0. The number of aryl methyl sites for hydroxylation is 1. The van der Waals surface area contributed by atoms with Gasteiger partial charge in [-0.15, -0.1) is 0 Å². The van der Waals surface area contributed by atoms with Crippen molar-refractivity contribution in [3.63, 3.8) is 0 Å². The number of aromatic nitrogens is 2. The molecular formula is C10H16N2O2. The molecule has 0 amide bonds. The minimum atomic E-state index is -0.806. The molecule has 0 saturated heterocycles. The Bertz CT molecular complexity index is 342. The molecule has 1 aromatic rings. The minimum Gasteiger partial charge on any atom is -0.481 e. The predicted molar refractivity (Wildman–Crippen MR) is 53.3 cm³/mol. The van der Waals surface area contributed by atoms with Crippen LogP contribution in [-0.4, -0.2) is 20.9 Å². The van der Waals surface area contributed by atoms with Crippen LogP contribution in [0.2, 0.25) is 0 Å². The second kappa shape index (κ2) is 3.82. The van der Waals surface area contributed by atoms with Crippen molar-refractivity contribution in [3.8, 4) is 0 Å². The molecule has 0 fully saturated rings. The van der Waals surface area contributed by atoms with Crippen LogP contribution in [0.5, 0.6) is 0 Å². The van der Waals surface area contributed by atoms with Crippen molar-refractivity contribution in [2.75, 3.05) is 0 Å². The first-order valence-corrected chi connectivity index (χ1v) is 4.69. The molecule has 78 valence electrons. The van der Waals surface area contributed by atoms with Crippen molar-refractivity contribution < 1.29 is 9.90 Å². The predicted octanol–water partition coefficient (Wildman–Crippen LogP) is 1.73. The Morgan fingerprint density at radius 1 is 1.50 bits per heavy atom. The van der Waals surface area contributed by atoms with Crippen LogP contribution in [0.15, 0.2) is 6.20 Å². The van der Waals surface area contributed by atoms with Gasteiger partial charge in [0.15, 0.2) is 0 Å². The van der Waals surface area contributed by atoms with Crippen LogP contribution in [0, 0.1) is 0 Å². The van der Waals surface area contributed by atoms with Crippen LogP contribution in [0.25, 0.3) is 0 Å². The number of hydrogen-bond acceptors (Lipinski definition) is 2. The van der Waals surface area contributed by atoms with E-state index in [0.717, 1.165) is 11.3 Å². The fourth-order valence-electron chi connectivity index (χ4n) is 1.44.